The molecule has 0 radical (unpaired) electrons. The number of carbonyl (C=O) groups is 1. The number of aliphatic hydroxyl groups excluding tert-OH is 6. The molecule has 4 atom stereocenters. The van der Waals surface area contributed by atoms with E-state index in [1.807, 2.05) is 6.92 Å². The second-order valence-corrected chi connectivity index (χ2v) is 3.08. The van der Waals surface area contributed by atoms with E-state index in [1.54, 1.807) is 0 Å². The lowest BCUT2D eigenvalue weighted by Crippen LogP contribution is -2.46. The number of aliphatic hydroxyl groups is 6. The Balaban J connectivity index is 0. The highest BCUT2D eigenvalue weighted by atomic mass is 16.4. The van der Waals surface area contributed by atoms with E-state index in [0.717, 1.165) is 6.42 Å². The molecule has 7 heteroatoms. The zero-order valence-electron chi connectivity index (χ0n) is 9.10. The van der Waals surface area contributed by atoms with Gasteiger partial charge in [-0.25, -0.2) is 0 Å². The predicted molar refractivity (Wildman–Crippen MR) is 54.6 cm³/mol. The summed E-state index contributed by atoms with van der Waals surface area (Å²) >= 11 is 0. The first-order valence-corrected chi connectivity index (χ1v) is 4.85. The van der Waals surface area contributed by atoms with Crippen LogP contribution in [0.5, 0.6) is 0 Å². The van der Waals surface area contributed by atoms with Crippen molar-refractivity contribution in [1.82, 2.24) is 0 Å². The highest BCUT2D eigenvalue weighted by molar-refractivity contribution is 5.56. The van der Waals surface area contributed by atoms with Crippen molar-refractivity contribution in [1.29, 1.82) is 0 Å². The Bertz CT molecular complexity index is 162. The minimum atomic E-state index is -1.79. The lowest BCUT2D eigenvalue weighted by Gasteiger charge is -2.22. The summed E-state index contributed by atoms with van der Waals surface area (Å²) in [5, 5.41) is 51.4. The molecule has 0 aromatic rings. The molecule has 0 aliphatic rings. The standard InChI is InChI=1S/C6H12O6.C3H8O/c7-1-3(9)5(11)6(12)4(10)2-8;1-2-3-4/h1,3-6,8-12H,2H2;4H,2-3H2,1H3/t3-,4+,5+,6+;/m0./s1. The Kier molecular flexibility index (Phi) is 12.2. The Morgan fingerprint density at radius 2 is 1.50 bits per heavy atom. The van der Waals surface area contributed by atoms with Crippen molar-refractivity contribution < 1.29 is 35.4 Å². The van der Waals surface area contributed by atoms with Gasteiger partial charge in [0.1, 0.15) is 24.4 Å². The van der Waals surface area contributed by atoms with Crippen LogP contribution in [0.2, 0.25) is 0 Å². The molecule has 0 fully saturated rings. The Hall–Kier alpha value is -0.570. The van der Waals surface area contributed by atoms with Gasteiger partial charge in [-0.1, -0.05) is 6.92 Å². The molecule has 0 unspecified atom stereocenters. The van der Waals surface area contributed by atoms with Gasteiger partial charge >= 0.3 is 0 Å². The van der Waals surface area contributed by atoms with E-state index in [0.29, 0.717) is 6.61 Å². The van der Waals surface area contributed by atoms with Crippen molar-refractivity contribution in [2.24, 2.45) is 0 Å². The van der Waals surface area contributed by atoms with Crippen molar-refractivity contribution in [3.8, 4) is 0 Å². The van der Waals surface area contributed by atoms with Crippen LogP contribution in [-0.2, 0) is 4.79 Å². The van der Waals surface area contributed by atoms with Crippen LogP contribution in [0, 0.1) is 0 Å². The maximum atomic E-state index is 9.90. The first-order chi connectivity index (χ1) is 7.45. The van der Waals surface area contributed by atoms with Crippen LogP contribution in [0.3, 0.4) is 0 Å². The molecule has 0 spiro atoms. The zero-order valence-corrected chi connectivity index (χ0v) is 9.10. The summed E-state index contributed by atoms with van der Waals surface area (Å²) in [7, 11) is 0. The van der Waals surface area contributed by atoms with Crippen LogP contribution in [0.4, 0.5) is 0 Å². The minimum absolute atomic E-state index is 0.0258. The summed E-state index contributed by atoms with van der Waals surface area (Å²) < 4.78 is 0. The Morgan fingerprint density at radius 3 is 1.75 bits per heavy atom. The quantitative estimate of drug-likeness (QED) is 0.272. The number of carbonyl (C=O) groups excluding carboxylic acids is 1. The van der Waals surface area contributed by atoms with Crippen molar-refractivity contribution in [2.75, 3.05) is 13.2 Å². The number of rotatable bonds is 6. The molecule has 0 bridgehead atoms. The predicted octanol–water partition coefficient (Wildman–Crippen LogP) is -2.99. The molecular formula is C9H20O7. The van der Waals surface area contributed by atoms with Crippen molar-refractivity contribution in [3.05, 3.63) is 0 Å². The fourth-order valence-corrected chi connectivity index (χ4v) is 0.618. The molecule has 0 saturated heterocycles. The fraction of sp³-hybridized carbons (Fsp3) is 0.889. The van der Waals surface area contributed by atoms with Crippen LogP contribution in [-0.4, -0.2) is 74.6 Å². The van der Waals surface area contributed by atoms with Crippen molar-refractivity contribution in [3.63, 3.8) is 0 Å². The van der Waals surface area contributed by atoms with Crippen LogP contribution < -0.4 is 0 Å². The molecule has 16 heavy (non-hydrogen) atoms. The van der Waals surface area contributed by atoms with E-state index in [1.165, 1.54) is 0 Å². The van der Waals surface area contributed by atoms with Gasteiger partial charge in [-0.15, -0.1) is 0 Å². The maximum Gasteiger partial charge on any atom is 0.151 e. The van der Waals surface area contributed by atoms with Gasteiger partial charge in [-0.3, -0.25) is 0 Å². The monoisotopic (exact) mass is 240 g/mol. The second kappa shape index (κ2) is 10.9. The average Bonchev–Trinajstić information content (AvgIpc) is 2.34. The molecule has 0 amide bonds. The van der Waals surface area contributed by atoms with E-state index in [4.69, 9.17) is 30.6 Å². The molecule has 7 nitrogen and oxygen atoms in total. The van der Waals surface area contributed by atoms with E-state index < -0.39 is 31.0 Å². The topological polar surface area (TPSA) is 138 Å². The van der Waals surface area contributed by atoms with Crippen LogP contribution in [0.15, 0.2) is 0 Å². The van der Waals surface area contributed by atoms with Gasteiger partial charge in [0, 0.05) is 6.61 Å². The number of hydrogen-bond acceptors (Lipinski definition) is 7. The first-order valence-electron chi connectivity index (χ1n) is 4.85. The molecule has 98 valence electrons. The summed E-state index contributed by atoms with van der Waals surface area (Å²) in [6.07, 6.45) is -5.96. The molecule has 0 aliphatic carbocycles. The highest BCUT2D eigenvalue weighted by Gasteiger charge is 2.29. The number of hydrogen-bond donors (Lipinski definition) is 6. The largest absolute Gasteiger partial charge is 0.396 e. The zero-order chi connectivity index (χ0) is 13.1. The normalized spacial score (nSPS) is 17.7. The van der Waals surface area contributed by atoms with Crippen molar-refractivity contribution in [2.45, 2.75) is 37.8 Å². The SMILES string of the molecule is CCCO.O=C[C@H](O)[C@@H](O)[C@H](O)[C@H](O)CO. The molecular weight excluding hydrogens is 220 g/mol. The first kappa shape index (κ1) is 17.8. The summed E-state index contributed by atoms with van der Waals surface area (Å²) in [4.78, 5) is 9.90. The smallest absolute Gasteiger partial charge is 0.151 e. The molecule has 6 N–H and O–H groups in total. The highest BCUT2D eigenvalue weighted by Crippen LogP contribution is 2.02. The molecule has 0 aromatic carbocycles. The second-order valence-electron chi connectivity index (χ2n) is 3.08. The third-order valence-corrected chi connectivity index (χ3v) is 1.64. The van der Waals surface area contributed by atoms with Crippen molar-refractivity contribution >= 4 is 6.29 Å². The summed E-state index contributed by atoms with van der Waals surface area (Å²) in [6, 6.07) is 0. The molecule has 0 heterocycles. The van der Waals surface area contributed by atoms with E-state index in [2.05, 4.69) is 0 Å². The average molecular weight is 240 g/mol. The van der Waals surface area contributed by atoms with Crippen LogP contribution in [0.1, 0.15) is 13.3 Å². The van der Waals surface area contributed by atoms with Gasteiger partial charge in [0.05, 0.1) is 6.61 Å². The van der Waals surface area contributed by atoms with Gasteiger partial charge in [-0.05, 0) is 6.42 Å². The van der Waals surface area contributed by atoms with Gasteiger partial charge in [-0.2, -0.15) is 0 Å². The van der Waals surface area contributed by atoms with Gasteiger partial charge in [0.2, 0.25) is 0 Å². The van der Waals surface area contributed by atoms with E-state index in [9.17, 15) is 4.79 Å². The van der Waals surface area contributed by atoms with Gasteiger partial charge < -0.3 is 35.4 Å². The Labute approximate surface area is 93.6 Å². The van der Waals surface area contributed by atoms with Gasteiger partial charge in [0.15, 0.2) is 6.29 Å². The lowest BCUT2D eigenvalue weighted by molar-refractivity contribution is -0.136. The Morgan fingerprint density at radius 1 is 1.06 bits per heavy atom. The third-order valence-electron chi connectivity index (χ3n) is 1.64. The van der Waals surface area contributed by atoms with Gasteiger partial charge in [0.25, 0.3) is 0 Å². The molecule has 0 saturated carbocycles. The summed E-state index contributed by atoms with van der Waals surface area (Å²) in [5.74, 6) is 0. The molecule has 0 aromatic heterocycles. The maximum absolute atomic E-state index is 9.90. The molecule has 0 rings (SSSR count). The van der Waals surface area contributed by atoms with E-state index in [-0.39, 0.29) is 6.29 Å². The summed E-state index contributed by atoms with van der Waals surface area (Å²) in [6.45, 7) is 1.49. The van der Waals surface area contributed by atoms with Crippen LogP contribution in [0.25, 0.3) is 0 Å². The number of aldehydes is 1. The van der Waals surface area contributed by atoms with Crippen LogP contribution >= 0.6 is 0 Å². The fourth-order valence-electron chi connectivity index (χ4n) is 0.618. The minimum Gasteiger partial charge on any atom is -0.396 e. The summed E-state index contributed by atoms with van der Waals surface area (Å²) in [5.41, 5.74) is 0. The lowest BCUT2D eigenvalue weighted by atomic mass is 10.0. The van der Waals surface area contributed by atoms with E-state index >= 15 is 0 Å². The third kappa shape index (κ3) is 7.69. The molecule has 0 aliphatic heterocycles.